The van der Waals surface area contributed by atoms with Crippen LogP contribution >= 0.6 is 0 Å². The van der Waals surface area contributed by atoms with Crippen molar-refractivity contribution in [1.82, 2.24) is 39.4 Å². The highest BCUT2D eigenvalue weighted by Gasteiger charge is 2.18. The number of nitrogens with one attached hydrogen (secondary N) is 2. The predicted octanol–water partition coefficient (Wildman–Crippen LogP) is 4.83. The van der Waals surface area contributed by atoms with Crippen LogP contribution in [0.15, 0.2) is 104 Å². The number of benzene rings is 2. The van der Waals surface area contributed by atoms with Crippen molar-refractivity contribution < 1.29 is 8.83 Å². The van der Waals surface area contributed by atoms with Gasteiger partial charge in [-0.1, -0.05) is 0 Å². The topological polar surface area (TPSA) is 151 Å². The minimum absolute atomic E-state index is 0.0941. The second kappa shape index (κ2) is 14.1. The van der Waals surface area contributed by atoms with Gasteiger partial charge in [-0.05, 0) is 67.6 Å². The molecule has 0 radical (unpaired) electrons. The molecule has 10 rings (SSSR count). The average molecular weight is 737 g/mol. The highest BCUT2D eigenvalue weighted by Crippen LogP contribution is 2.26. The number of oxazole rings is 2. The Kier molecular flexibility index (Phi) is 8.83. The van der Waals surface area contributed by atoms with E-state index in [1.807, 2.05) is 86.9 Å². The first-order valence-corrected chi connectivity index (χ1v) is 18.5. The van der Waals surface area contributed by atoms with Gasteiger partial charge in [0.25, 0.3) is 11.1 Å². The maximum Gasteiger partial charge on any atom is 0.258 e. The summed E-state index contributed by atoms with van der Waals surface area (Å²) < 4.78 is 14.3. The van der Waals surface area contributed by atoms with Gasteiger partial charge in [-0.3, -0.25) is 18.4 Å². The normalized spacial score (nSPS) is 16.2. The number of anilines is 2. The molecule has 0 saturated carbocycles. The molecule has 2 aliphatic heterocycles. The van der Waals surface area contributed by atoms with Gasteiger partial charge in [0, 0.05) is 101 Å². The number of hydrogen-bond acceptors (Lipinski definition) is 12. The Bertz CT molecular complexity index is 2830. The minimum atomic E-state index is -0.0959. The van der Waals surface area contributed by atoms with Crippen LogP contribution in [0.5, 0.6) is 0 Å². The Hall–Kier alpha value is -6.38. The number of nitrogens with zero attached hydrogens (tertiary/aromatic N) is 8. The Morgan fingerprint density at radius 2 is 1.13 bits per heavy atom. The van der Waals surface area contributed by atoms with Crippen LogP contribution in [0.25, 0.3) is 56.0 Å². The van der Waals surface area contributed by atoms with Crippen LogP contribution in [0.2, 0.25) is 0 Å². The molecule has 2 aliphatic rings. The molecule has 2 fully saturated rings. The molecule has 6 aromatic heterocycles. The smallest absolute Gasteiger partial charge is 0.258 e. The molecule has 1 atom stereocenters. The lowest BCUT2D eigenvalue weighted by Crippen LogP contribution is -2.49. The van der Waals surface area contributed by atoms with Crippen LogP contribution in [0, 0.1) is 13.8 Å². The molecule has 8 aromatic rings. The zero-order valence-electron chi connectivity index (χ0n) is 30.8. The summed E-state index contributed by atoms with van der Waals surface area (Å²) in [5, 5.41) is 6.77. The summed E-state index contributed by atoms with van der Waals surface area (Å²) in [5.74, 6) is 1.24. The lowest BCUT2D eigenvalue weighted by Gasteiger charge is -2.33. The highest BCUT2D eigenvalue weighted by atomic mass is 16.3. The van der Waals surface area contributed by atoms with E-state index in [2.05, 4.69) is 42.3 Å². The number of rotatable bonds is 4. The molecule has 0 aliphatic carbocycles. The van der Waals surface area contributed by atoms with E-state index in [1.165, 1.54) is 0 Å². The summed E-state index contributed by atoms with van der Waals surface area (Å²) in [6, 6.07) is 22.8. The molecule has 0 amide bonds. The van der Waals surface area contributed by atoms with E-state index in [-0.39, 0.29) is 11.1 Å². The molecule has 2 aromatic carbocycles. The first-order valence-electron chi connectivity index (χ1n) is 18.5. The summed E-state index contributed by atoms with van der Waals surface area (Å²) in [4.78, 5) is 48.2. The first-order chi connectivity index (χ1) is 26.7. The molecule has 55 heavy (non-hydrogen) atoms. The number of hydrogen-bond donors (Lipinski definition) is 2. The van der Waals surface area contributed by atoms with Crippen LogP contribution in [-0.2, 0) is 0 Å². The number of fused-ring (bicyclic) bond motifs is 4. The Morgan fingerprint density at radius 1 is 0.618 bits per heavy atom. The summed E-state index contributed by atoms with van der Waals surface area (Å²) in [6.45, 7) is 12.4. The molecule has 14 heteroatoms. The molecule has 2 N–H and O–H groups in total. The van der Waals surface area contributed by atoms with Gasteiger partial charge in [0.05, 0.1) is 22.8 Å². The van der Waals surface area contributed by atoms with Crippen molar-refractivity contribution in [3.05, 3.63) is 118 Å². The molecule has 0 unspecified atom stereocenters. The van der Waals surface area contributed by atoms with Crippen molar-refractivity contribution in [2.75, 3.05) is 55.6 Å². The maximum atomic E-state index is 12.8. The molecule has 2 saturated heterocycles. The van der Waals surface area contributed by atoms with Crippen LogP contribution in [0.3, 0.4) is 0 Å². The number of pyridine rings is 2. The van der Waals surface area contributed by atoms with Gasteiger partial charge in [-0.2, -0.15) is 0 Å². The summed E-state index contributed by atoms with van der Waals surface area (Å²) >= 11 is 0. The number of aryl methyl sites for hydroxylation is 2. The largest absolute Gasteiger partial charge is 0.441 e. The fraction of sp³-hybridized carbons (Fsp3) is 0.268. The van der Waals surface area contributed by atoms with E-state index in [1.54, 1.807) is 20.9 Å². The SMILES string of the molecule is Cc1nc2cc(-c3cc(=O)n4cc(N5CCNCC5)ccc4n3)ccc2o1.Cc1nc2cc(-c3cc(=O)n4cc(N5CCN[C@@H](C)C5)ccc4n3)ccc2o1. The Labute approximate surface area is 315 Å². The number of aromatic nitrogens is 6. The molecule has 0 bridgehead atoms. The van der Waals surface area contributed by atoms with Crippen molar-refractivity contribution in [3.8, 4) is 22.5 Å². The standard InChI is InChI=1S/C21H21N5O2.C20H19N5O2/c1-13-11-25(8-7-22-13)16-4-6-20-24-17(10-21(27)26(20)12-16)15-3-5-19-18(9-15)23-14(2)28-19;1-13-22-17-10-14(2-4-18(17)27-13)16-11-20(26)25-12-15(3-5-19(25)23-16)24-8-6-21-7-9-24/h3-6,9-10,12-13,22H,7-8,11H2,1-2H3;2-5,10-12,21H,6-9H2,1H3/t13-;/m0./s1. The van der Waals surface area contributed by atoms with Crippen molar-refractivity contribution >= 4 is 44.9 Å². The summed E-state index contributed by atoms with van der Waals surface area (Å²) in [7, 11) is 0. The monoisotopic (exact) mass is 736 g/mol. The number of piperazine rings is 2. The Morgan fingerprint density at radius 3 is 1.65 bits per heavy atom. The zero-order valence-corrected chi connectivity index (χ0v) is 30.8. The van der Waals surface area contributed by atoms with E-state index in [9.17, 15) is 9.59 Å². The predicted molar refractivity (Wildman–Crippen MR) is 213 cm³/mol. The van der Waals surface area contributed by atoms with Gasteiger partial charge in [-0.15, -0.1) is 0 Å². The zero-order chi connectivity index (χ0) is 37.6. The van der Waals surface area contributed by atoms with E-state index < -0.39 is 0 Å². The molecule has 14 nitrogen and oxygen atoms in total. The first kappa shape index (κ1) is 34.4. The van der Waals surface area contributed by atoms with E-state index in [0.29, 0.717) is 40.5 Å². The third-order valence-electron chi connectivity index (χ3n) is 10.1. The van der Waals surface area contributed by atoms with Gasteiger partial charge in [-0.25, -0.2) is 19.9 Å². The molecule has 8 heterocycles. The molecular weight excluding hydrogens is 697 g/mol. The third-order valence-corrected chi connectivity index (χ3v) is 10.1. The summed E-state index contributed by atoms with van der Waals surface area (Å²) in [5.41, 5.74) is 9.11. The lowest BCUT2D eigenvalue weighted by atomic mass is 10.1. The fourth-order valence-electron chi connectivity index (χ4n) is 7.35. The second-order valence-electron chi connectivity index (χ2n) is 14.1. The van der Waals surface area contributed by atoms with Gasteiger partial charge >= 0.3 is 0 Å². The van der Waals surface area contributed by atoms with Crippen molar-refractivity contribution in [2.45, 2.75) is 26.8 Å². The molecule has 278 valence electrons. The van der Waals surface area contributed by atoms with Crippen molar-refractivity contribution in [3.63, 3.8) is 0 Å². The summed E-state index contributed by atoms with van der Waals surface area (Å²) in [6.07, 6.45) is 3.76. The average Bonchev–Trinajstić information content (AvgIpc) is 3.77. The molecular formula is C41H40N10O4. The van der Waals surface area contributed by atoms with Gasteiger partial charge in [0.2, 0.25) is 0 Å². The van der Waals surface area contributed by atoms with E-state index in [0.717, 1.165) is 90.5 Å². The van der Waals surface area contributed by atoms with Crippen LogP contribution < -0.4 is 31.6 Å². The van der Waals surface area contributed by atoms with Gasteiger partial charge in [0.1, 0.15) is 22.3 Å². The lowest BCUT2D eigenvalue weighted by molar-refractivity contribution is 0.484. The minimum Gasteiger partial charge on any atom is -0.441 e. The van der Waals surface area contributed by atoms with E-state index >= 15 is 0 Å². The highest BCUT2D eigenvalue weighted by molar-refractivity contribution is 5.81. The van der Waals surface area contributed by atoms with Crippen LogP contribution in [0.1, 0.15) is 18.7 Å². The maximum absolute atomic E-state index is 12.8. The third kappa shape index (κ3) is 6.93. The fourth-order valence-corrected chi connectivity index (χ4v) is 7.35. The van der Waals surface area contributed by atoms with Gasteiger partial charge < -0.3 is 29.3 Å². The molecule has 0 spiro atoms. The van der Waals surface area contributed by atoms with Crippen LogP contribution in [-0.4, -0.2) is 80.6 Å². The van der Waals surface area contributed by atoms with E-state index in [4.69, 9.17) is 13.8 Å². The van der Waals surface area contributed by atoms with Crippen molar-refractivity contribution in [2.24, 2.45) is 0 Å². The quantitative estimate of drug-likeness (QED) is 0.255. The second-order valence-corrected chi connectivity index (χ2v) is 14.1. The van der Waals surface area contributed by atoms with Gasteiger partial charge in [0.15, 0.2) is 22.9 Å². The van der Waals surface area contributed by atoms with Crippen LogP contribution in [0.4, 0.5) is 11.4 Å². The van der Waals surface area contributed by atoms with Crippen molar-refractivity contribution in [1.29, 1.82) is 0 Å². The Balaban J connectivity index is 0.000000144.